The monoisotopic (exact) mass is 302 g/mol. The van der Waals surface area contributed by atoms with Crippen LogP contribution in [0.3, 0.4) is 0 Å². The van der Waals surface area contributed by atoms with Crippen LogP contribution in [0.2, 0.25) is 0 Å². The smallest absolute Gasteiger partial charge is 0.287 e. The zero-order chi connectivity index (χ0) is 15.7. The molecule has 1 amide bonds. The average molecular weight is 302 g/mol. The summed E-state index contributed by atoms with van der Waals surface area (Å²) in [5.41, 5.74) is 0.870. The normalized spacial score (nSPS) is 16.7. The Morgan fingerprint density at radius 2 is 2.09 bits per heavy atom. The Bertz CT molecular complexity index is 686. The van der Waals surface area contributed by atoms with Crippen molar-refractivity contribution < 1.29 is 14.3 Å². The van der Waals surface area contributed by atoms with Crippen molar-refractivity contribution in [2.75, 3.05) is 20.6 Å². The van der Waals surface area contributed by atoms with Gasteiger partial charge >= 0.3 is 0 Å². The predicted octanol–water partition coefficient (Wildman–Crippen LogP) is 2.14. The van der Waals surface area contributed by atoms with Crippen molar-refractivity contribution in [3.8, 4) is 0 Å². The van der Waals surface area contributed by atoms with Crippen molar-refractivity contribution >= 4 is 16.9 Å². The minimum Gasteiger partial charge on any atom is -0.451 e. The first kappa shape index (κ1) is 15.1. The van der Waals surface area contributed by atoms with Crippen LogP contribution in [0, 0.1) is 0 Å². The summed E-state index contributed by atoms with van der Waals surface area (Å²) in [6.07, 6.45) is 2.51. The zero-order valence-electron chi connectivity index (χ0n) is 13.1. The Labute approximate surface area is 129 Å². The second-order valence-electron chi connectivity index (χ2n) is 6.40. The molecule has 0 unspecified atom stereocenters. The fourth-order valence-corrected chi connectivity index (χ4v) is 2.84. The van der Waals surface area contributed by atoms with Gasteiger partial charge in [0.25, 0.3) is 5.91 Å². The van der Waals surface area contributed by atoms with E-state index in [1.807, 2.05) is 43.3 Å². The number of nitrogens with zero attached hydrogens (tertiary/aromatic N) is 1. The van der Waals surface area contributed by atoms with E-state index in [9.17, 15) is 9.90 Å². The van der Waals surface area contributed by atoms with Gasteiger partial charge in [0.2, 0.25) is 0 Å². The van der Waals surface area contributed by atoms with E-state index in [0.29, 0.717) is 17.9 Å². The maximum absolute atomic E-state index is 12.5. The number of rotatable bonds is 5. The number of hydrogen-bond acceptors (Lipinski definition) is 4. The summed E-state index contributed by atoms with van der Waals surface area (Å²) in [6.45, 7) is 0.911. The average Bonchev–Trinajstić information content (AvgIpc) is 2.81. The van der Waals surface area contributed by atoms with Crippen LogP contribution >= 0.6 is 0 Å². The van der Waals surface area contributed by atoms with Crippen LogP contribution in [-0.4, -0.2) is 42.2 Å². The van der Waals surface area contributed by atoms with Crippen LogP contribution in [-0.2, 0) is 6.54 Å². The second-order valence-corrected chi connectivity index (χ2v) is 6.40. The first-order valence-corrected chi connectivity index (χ1v) is 7.64. The third-order valence-electron chi connectivity index (χ3n) is 4.24. The van der Waals surface area contributed by atoms with Gasteiger partial charge in [-0.3, -0.25) is 4.79 Å². The quantitative estimate of drug-likeness (QED) is 0.888. The summed E-state index contributed by atoms with van der Waals surface area (Å²) < 4.78 is 5.76. The molecule has 1 aliphatic rings. The minimum atomic E-state index is -0.733. The fourth-order valence-electron chi connectivity index (χ4n) is 2.84. The molecule has 2 N–H and O–H groups in total. The number of para-hydroxylation sites is 1. The van der Waals surface area contributed by atoms with E-state index >= 15 is 0 Å². The highest BCUT2D eigenvalue weighted by atomic mass is 16.3. The molecule has 0 bridgehead atoms. The molecule has 22 heavy (non-hydrogen) atoms. The van der Waals surface area contributed by atoms with Crippen LogP contribution in [0.15, 0.2) is 28.7 Å². The van der Waals surface area contributed by atoms with Gasteiger partial charge in [-0.25, -0.2) is 0 Å². The lowest BCUT2D eigenvalue weighted by Crippen LogP contribution is -2.47. The van der Waals surface area contributed by atoms with Crippen molar-refractivity contribution in [3.05, 3.63) is 35.6 Å². The lowest BCUT2D eigenvalue weighted by atomic mass is 9.80. The predicted molar refractivity (Wildman–Crippen MR) is 84.7 cm³/mol. The number of furan rings is 1. The van der Waals surface area contributed by atoms with Gasteiger partial charge in [0.05, 0.1) is 5.60 Å². The lowest BCUT2D eigenvalue weighted by Gasteiger charge is -2.36. The SMILES string of the molecule is CN(C)Cc1c(C(=O)NCC2(O)CCC2)oc2ccccc12. The van der Waals surface area contributed by atoms with E-state index in [2.05, 4.69) is 5.32 Å². The van der Waals surface area contributed by atoms with Gasteiger partial charge in [0.15, 0.2) is 5.76 Å². The van der Waals surface area contributed by atoms with Crippen LogP contribution in [0.25, 0.3) is 11.0 Å². The Hall–Kier alpha value is -1.85. The molecule has 118 valence electrons. The number of hydrogen-bond donors (Lipinski definition) is 2. The molecule has 0 atom stereocenters. The number of benzene rings is 1. The maximum Gasteiger partial charge on any atom is 0.287 e. The third-order valence-corrected chi connectivity index (χ3v) is 4.24. The number of amides is 1. The summed E-state index contributed by atoms with van der Waals surface area (Å²) in [5, 5.41) is 13.9. The minimum absolute atomic E-state index is 0.256. The first-order valence-electron chi connectivity index (χ1n) is 7.64. The fraction of sp³-hybridized carbons (Fsp3) is 0.471. The molecule has 1 saturated carbocycles. The topological polar surface area (TPSA) is 65.7 Å². The Balaban J connectivity index is 1.86. The van der Waals surface area contributed by atoms with E-state index in [-0.39, 0.29) is 12.5 Å². The van der Waals surface area contributed by atoms with E-state index in [0.717, 1.165) is 30.2 Å². The largest absolute Gasteiger partial charge is 0.451 e. The molecule has 5 nitrogen and oxygen atoms in total. The number of nitrogens with one attached hydrogen (secondary N) is 1. The molecule has 5 heteroatoms. The molecule has 1 fully saturated rings. The van der Waals surface area contributed by atoms with E-state index in [1.54, 1.807) is 0 Å². The van der Waals surface area contributed by atoms with E-state index in [4.69, 9.17) is 4.42 Å². The maximum atomic E-state index is 12.5. The highest BCUT2D eigenvalue weighted by Crippen LogP contribution is 2.31. The van der Waals surface area contributed by atoms with Crippen LogP contribution in [0.1, 0.15) is 35.4 Å². The van der Waals surface area contributed by atoms with Crippen molar-refractivity contribution in [1.29, 1.82) is 0 Å². The molecule has 0 saturated heterocycles. The number of aliphatic hydroxyl groups is 1. The molecule has 0 aliphatic heterocycles. The van der Waals surface area contributed by atoms with Gasteiger partial charge in [-0.05, 0) is 39.4 Å². The molecular formula is C17H22N2O3. The first-order chi connectivity index (χ1) is 10.5. The van der Waals surface area contributed by atoms with E-state index in [1.165, 1.54) is 0 Å². The number of carbonyl (C=O) groups is 1. The van der Waals surface area contributed by atoms with Crippen LogP contribution < -0.4 is 5.32 Å². The van der Waals surface area contributed by atoms with Gasteiger partial charge < -0.3 is 19.7 Å². The molecule has 1 aliphatic carbocycles. The Morgan fingerprint density at radius 1 is 1.36 bits per heavy atom. The summed E-state index contributed by atoms with van der Waals surface area (Å²) in [6, 6.07) is 7.67. The number of carbonyl (C=O) groups excluding carboxylic acids is 1. The van der Waals surface area contributed by atoms with Crippen LogP contribution in [0.5, 0.6) is 0 Å². The summed E-state index contributed by atoms with van der Waals surface area (Å²) in [7, 11) is 3.92. The molecule has 1 aromatic heterocycles. The molecule has 0 radical (unpaired) electrons. The molecule has 2 aromatic rings. The molecule has 1 aromatic carbocycles. The van der Waals surface area contributed by atoms with Gasteiger partial charge in [0.1, 0.15) is 5.58 Å². The van der Waals surface area contributed by atoms with Crippen LogP contribution in [0.4, 0.5) is 0 Å². The van der Waals surface area contributed by atoms with Crippen molar-refractivity contribution in [1.82, 2.24) is 10.2 Å². The lowest BCUT2D eigenvalue weighted by molar-refractivity contribution is -0.0302. The van der Waals surface area contributed by atoms with E-state index < -0.39 is 5.60 Å². The zero-order valence-corrected chi connectivity index (χ0v) is 13.1. The van der Waals surface area contributed by atoms with Gasteiger partial charge in [-0.15, -0.1) is 0 Å². The van der Waals surface area contributed by atoms with Gasteiger partial charge in [-0.2, -0.15) is 0 Å². The highest BCUT2D eigenvalue weighted by molar-refractivity contribution is 5.99. The van der Waals surface area contributed by atoms with Crippen molar-refractivity contribution in [2.45, 2.75) is 31.4 Å². The molecule has 0 spiro atoms. The van der Waals surface area contributed by atoms with Gasteiger partial charge in [-0.1, -0.05) is 18.2 Å². The summed E-state index contributed by atoms with van der Waals surface area (Å²) in [5.74, 6) is 0.0891. The molecule has 3 rings (SSSR count). The third kappa shape index (κ3) is 2.87. The Morgan fingerprint density at radius 3 is 2.73 bits per heavy atom. The number of fused-ring (bicyclic) bond motifs is 1. The van der Waals surface area contributed by atoms with Gasteiger partial charge in [0, 0.05) is 24.0 Å². The van der Waals surface area contributed by atoms with Crippen molar-refractivity contribution in [3.63, 3.8) is 0 Å². The van der Waals surface area contributed by atoms with Crippen molar-refractivity contribution in [2.24, 2.45) is 0 Å². The highest BCUT2D eigenvalue weighted by Gasteiger charge is 2.35. The molecular weight excluding hydrogens is 280 g/mol. The second kappa shape index (κ2) is 5.74. The summed E-state index contributed by atoms with van der Waals surface area (Å²) >= 11 is 0. The molecule has 1 heterocycles. The standard InChI is InChI=1S/C17H22N2O3/c1-19(2)10-13-12-6-3-4-7-14(12)22-15(13)16(20)18-11-17(21)8-5-9-17/h3-4,6-7,21H,5,8-11H2,1-2H3,(H,18,20). The Kier molecular flexibility index (Phi) is 3.93. The summed E-state index contributed by atoms with van der Waals surface area (Å²) in [4.78, 5) is 14.5.